The van der Waals surface area contributed by atoms with Gasteiger partial charge in [0, 0.05) is 28.7 Å². The van der Waals surface area contributed by atoms with Gasteiger partial charge in [-0.3, -0.25) is 9.79 Å². The fourth-order valence-electron chi connectivity index (χ4n) is 4.76. The van der Waals surface area contributed by atoms with Crippen LogP contribution in [-0.2, 0) is 17.6 Å². The number of carboxylic acids is 1. The lowest BCUT2D eigenvalue weighted by molar-refractivity contribution is -0.143. The van der Waals surface area contributed by atoms with Crippen LogP contribution in [0.25, 0.3) is 0 Å². The van der Waals surface area contributed by atoms with Crippen LogP contribution >= 0.6 is 12.4 Å². The van der Waals surface area contributed by atoms with Crippen molar-refractivity contribution < 1.29 is 24.2 Å². The van der Waals surface area contributed by atoms with Crippen molar-refractivity contribution >= 4 is 30.0 Å². The Balaban J connectivity index is 0.00000361. The van der Waals surface area contributed by atoms with E-state index in [1.807, 2.05) is 13.0 Å². The van der Waals surface area contributed by atoms with Crippen LogP contribution in [0.2, 0.25) is 0 Å². The Bertz CT molecular complexity index is 1250. The van der Waals surface area contributed by atoms with Crippen LogP contribution in [0, 0.1) is 0 Å². The largest absolute Gasteiger partial charge is 0.490 e. The lowest BCUT2D eigenvalue weighted by Gasteiger charge is -2.31. The Morgan fingerprint density at radius 2 is 1.86 bits per heavy atom. The molecule has 194 valence electrons. The number of carbonyl (C=O) groups excluding carboxylic acids is 1. The molecule has 36 heavy (non-hydrogen) atoms. The van der Waals surface area contributed by atoms with Crippen LogP contribution in [0.5, 0.6) is 11.5 Å². The number of aliphatic carboxylic acids is 1. The summed E-state index contributed by atoms with van der Waals surface area (Å²) in [6.45, 7) is 13.7. The molecule has 7 nitrogen and oxygen atoms in total. The quantitative estimate of drug-likeness (QED) is 0.566. The predicted octanol–water partition coefficient (Wildman–Crippen LogP) is 4.99. The van der Waals surface area contributed by atoms with Crippen molar-refractivity contribution in [2.24, 2.45) is 4.99 Å². The maximum absolute atomic E-state index is 12.9. The number of benzene rings is 2. The van der Waals surface area contributed by atoms with E-state index in [2.05, 4.69) is 39.1 Å². The first kappa shape index (κ1) is 27.5. The average Bonchev–Trinajstić information content (AvgIpc) is 3.07. The second-order valence-corrected chi connectivity index (χ2v) is 11.1. The number of rotatable bonds is 6. The fourth-order valence-corrected chi connectivity index (χ4v) is 4.76. The van der Waals surface area contributed by atoms with Gasteiger partial charge in [-0.05, 0) is 78.6 Å². The van der Waals surface area contributed by atoms with Crippen LogP contribution in [0.3, 0.4) is 0 Å². The van der Waals surface area contributed by atoms with Crippen LogP contribution in [0.1, 0.15) is 81.1 Å². The zero-order valence-electron chi connectivity index (χ0n) is 21.9. The molecule has 1 amide bonds. The summed E-state index contributed by atoms with van der Waals surface area (Å²) in [6.07, 6.45) is 1.48. The van der Waals surface area contributed by atoms with Crippen molar-refractivity contribution in [1.82, 2.24) is 5.32 Å². The first-order chi connectivity index (χ1) is 16.2. The van der Waals surface area contributed by atoms with Gasteiger partial charge in [0.05, 0.1) is 17.9 Å². The molecule has 0 saturated carbocycles. The summed E-state index contributed by atoms with van der Waals surface area (Å²) < 4.78 is 12.3. The third kappa shape index (κ3) is 5.21. The van der Waals surface area contributed by atoms with Gasteiger partial charge in [-0.2, -0.15) is 0 Å². The van der Waals surface area contributed by atoms with Crippen molar-refractivity contribution in [1.29, 1.82) is 0 Å². The van der Waals surface area contributed by atoms with Crippen LogP contribution in [0.4, 0.5) is 0 Å². The molecule has 0 unspecified atom stereocenters. The molecule has 2 N–H and O–H groups in total. The van der Waals surface area contributed by atoms with E-state index in [0.717, 1.165) is 52.3 Å². The third-order valence-corrected chi connectivity index (χ3v) is 6.34. The van der Waals surface area contributed by atoms with Crippen molar-refractivity contribution in [3.63, 3.8) is 0 Å². The van der Waals surface area contributed by atoms with Gasteiger partial charge >= 0.3 is 5.97 Å². The molecule has 2 heterocycles. The van der Waals surface area contributed by atoms with Gasteiger partial charge in [-0.15, -0.1) is 12.4 Å². The topological polar surface area (TPSA) is 97.2 Å². The first-order valence-corrected chi connectivity index (χ1v) is 12.0. The van der Waals surface area contributed by atoms with Crippen molar-refractivity contribution in [3.8, 4) is 11.5 Å². The zero-order chi connectivity index (χ0) is 25.8. The molecule has 0 fully saturated rings. The van der Waals surface area contributed by atoms with Gasteiger partial charge in [0.25, 0.3) is 5.91 Å². The summed E-state index contributed by atoms with van der Waals surface area (Å²) in [5.41, 5.74) is 3.14. The Hall–Kier alpha value is -3.06. The smallest absolute Gasteiger partial charge is 0.328 e. The van der Waals surface area contributed by atoms with E-state index in [1.54, 1.807) is 18.2 Å². The number of ether oxygens (including phenoxy) is 2. The maximum atomic E-state index is 12.9. The third-order valence-electron chi connectivity index (χ3n) is 6.34. The van der Waals surface area contributed by atoms with Gasteiger partial charge in [-0.25, -0.2) is 4.79 Å². The molecule has 2 aromatic rings. The van der Waals surface area contributed by atoms with Gasteiger partial charge in [0.1, 0.15) is 11.1 Å². The lowest BCUT2D eigenvalue weighted by Crippen LogP contribution is -2.49. The van der Waals surface area contributed by atoms with Gasteiger partial charge in [-0.1, -0.05) is 12.1 Å². The van der Waals surface area contributed by atoms with Crippen LogP contribution in [0.15, 0.2) is 35.3 Å². The minimum Gasteiger partial charge on any atom is -0.490 e. The minimum atomic E-state index is -1.39. The molecule has 2 aliphatic rings. The number of fused-ring (bicyclic) bond motifs is 3. The summed E-state index contributed by atoms with van der Waals surface area (Å²) in [5, 5.41) is 12.0. The second-order valence-electron chi connectivity index (χ2n) is 11.1. The number of halogens is 1. The fraction of sp³-hybridized carbons (Fsp3) is 0.464. The van der Waals surface area contributed by atoms with Gasteiger partial charge in [0.15, 0.2) is 11.5 Å². The number of carbonyl (C=O) groups is 2. The second kappa shape index (κ2) is 9.43. The van der Waals surface area contributed by atoms with E-state index in [9.17, 15) is 14.7 Å². The highest BCUT2D eigenvalue weighted by Crippen LogP contribution is 2.48. The molecule has 0 bridgehead atoms. The van der Waals surface area contributed by atoms with E-state index in [1.165, 1.54) is 13.8 Å². The summed E-state index contributed by atoms with van der Waals surface area (Å²) >= 11 is 0. The summed E-state index contributed by atoms with van der Waals surface area (Å²) in [6, 6.07) is 9.27. The molecular weight excluding hydrogens is 480 g/mol. The molecular formula is C28H35ClN2O5. The number of amides is 1. The molecule has 2 aromatic carbocycles. The molecule has 0 atom stereocenters. The highest BCUT2D eigenvalue weighted by molar-refractivity contribution is 6.17. The normalized spacial score (nSPS) is 17.0. The monoisotopic (exact) mass is 514 g/mol. The van der Waals surface area contributed by atoms with Gasteiger partial charge < -0.3 is 19.9 Å². The van der Waals surface area contributed by atoms with Gasteiger partial charge in [0.2, 0.25) is 0 Å². The van der Waals surface area contributed by atoms with Crippen LogP contribution < -0.4 is 14.8 Å². The Labute approximate surface area is 218 Å². The zero-order valence-corrected chi connectivity index (χ0v) is 22.8. The van der Waals surface area contributed by atoms with E-state index in [4.69, 9.17) is 14.5 Å². The van der Waals surface area contributed by atoms with E-state index < -0.39 is 17.4 Å². The molecule has 0 aromatic heterocycles. The van der Waals surface area contributed by atoms with E-state index >= 15 is 0 Å². The number of hydrogen-bond acceptors (Lipinski definition) is 5. The maximum Gasteiger partial charge on any atom is 0.328 e. The highest BCUT2D eigenvalue weighted by atomic mass is 35.5. The molecule has 4 rings (SSSR count). The van der Waals surface area contributed by atoms with Crippen LogP contribution in [-0.4, -0.2) is 46.0 Å². The Kier molecular flexibility index (Phi) is 7.21. The minimum absolute atomic E-state index is 0. The van der Waals surface area contributed by atoms with Crippen molar-refractivity contribution in [2.75, 3.05) is 6.61 Å². The first-order valence-electron chi connectivity index (χ1n) is 12.0. The molecule has 0 aliphatic carbocycles. The average molecular weight is 515 g/mol. The number of carboxylic acid groups (broad SMARTS) is 1. The van der Waals surface area contributed by atoms with E-state index in [0.29, 0.717) is 12.2 Å². The number of nitrogens with one attached hydrogen (secondary N) is 1. The molecule has 8 heteroatoms. The lowest BCUT2D eigenvalue weighted by atomic mass is 9.80. The number of aliphatic imine (C=N–C) groups is 1. The number of nitrogens with zero attached hydrogens (tertiary/aromatic N) is 1. The van der Waals surface area contributed by atoms with Crippen molar-refractivity contribution in [3.05, 3.63) is 58.1 Å². The SMILES string of the molecule is CCOc1cc2c(c3c1OC(C)(C)C3)C(c1cccc(C(=O)NC(C)(C)C(=O)O)c1)=NC(C)(C)C2.Cl. The standard InChI is InChI=1S/C28H34N2O5.ClH/c1-8-34-20-13-18-14-26(2,3)29-22(21(18)19-15-27(4,5)35-23(19)20)16-10-9-11-17(12-16)24(31)30-28(6,7)25(32)33;/h9-13H,8,14-15H2,1-7H3,(H,30,31)(H,32,33);1H. The summed E-state index contributed by atoms with van der Waals surface area (Å²) in [5.74, 6) is -0.0258. The number of hydrogen-bond donors (Lipinski definition) is 2. The molecule has 2 aliphatic heterocycles. The van der Waals surface area contributed by atoms with Crippen molar-refractivity contribution in [2.45, 2.75) is 78.0 Å². The summed E-state index contributed by atoms with van der Waals surface area (Å²) in [7, 11) is 0. The Morgan fingerprint density at radius 1 is 1.17 bits per heavy atom. The molecule has 0 radical (unpaired) electrons. The molecule has 0 saturated heterocycles. The predicted molar refractivity (Wildman–Crippen MR) is 142 cm³/mol. The Morgan fingerprint density at radius 3 is 2.50 bits per heavy atom. The highest BCUT2D eigenvalue weighted by Gasteiger charge is 2.40. The van der Waals surface area contributed by atoms with E-state index in [-0.39, 0.29) is 23.5 Å². The summed E-state index contributed by atoms with van der Waals surface area (Å²) in [4.78, 5) is 29.5. The molecule has 0 spiro atoms.